The molecule has 2 aromatic rings. The first-order chi connectivity index (χ1) is 14.2. The Bertz CT molecular complexity index is 991. The van der Waals surface area contributed by atoms with Crippen LogP contribution in [-0.4, -0.2) is 29.0 Å². The summed E-state index contributed by atoms with van der Waals surface area (Å²) in [5.41, 5.74) is -1.07. The van der Waals surface area contributed by atoms with Crippen LogP contribution in [0.4, 0.5) is 30.2 Å². The van der Waals surface area contributed by atoms with Gasteiger partial charge in [-0.2, -0.15) is 13.2 Å². The standard InChI is InChI=1S/C19H17F3N4O3S/c20-19(21,22)13-5-1-2-6-14(13)23-18(30)24-17(27)12-7-8-15(16(11-12)26(28)29)25-9-3-4-10-25/h1-2,5-8,11H,3-4,9-10H2,(H2,23,24,27,30). The number of nitrogens with zero attached hydrogens (tertiary/aromatic N) is 2. The molecule has 0 aromatic heterocycles. The van der Waals surface area contributed by atoms with Gasteiger partial charge in [-0.05, 0) is 49.3 Å². The summed E-state index contributed by atoms with van der Waals surface area (Å²) in [6.45, 7) is 1.39. The molecular formula is C19H17F3N4O3S. The van der Waals surface area contributed by atoms with Crippen molar-refractivity contribution in [3.05, 3.63) is 63.7 Å². The lowest BCUT2D eigenvalue weighted by Gasteiger charge is -2.18. The Hall–Kier alpha value is -3.21. The van der Waals surface area contributed by atoms with Gasteiger partial charge >= 0.3 is 6.18 Å². The van der Waals surface area contributed by atoms with Gasteiger partial charge in [0.05, 0.1) is 16.2 Å². The van der Waals surface area contributed by atoms with Gasteiger partial charge in [0.2, 0.25) is 0 Å². The molecule has 3 rings (SSSR count). The third-order valence-corrected chi connectivity index (χ3v) is 4.79. The molecule has 7 nitrogen and oxygen atoms in total. The summed E-state index contributed by atoms with van der Waals surface area (Å²) in [5, 5.41) is 15.7. The SMILES string of the molecule is O=C(NC(=S)Nc1ccccc1C(F)(F)F)c1ccc(N2CCCC2)c([N+](=O)[O-])c1. The molecule has 30 heavy (non-hydrogen) atoms. The molecule has 0 aliphatic carbocycles. The maximum absolute atomic E-state index is 13.1. The second kappa shape index (κ2) is 8.66. The first-order valence-corrected chi connectivity index (χ1v) is 9.39. The van der Waals surface area contributed by atoms with Gasteiger partial charge in [-0.15, -0.1) is 0 Å². The zero-order valence-electron chi connectivity index (χ0n) is 15.5. The van der Waals surface area contributed by atoms with Crippen LogP contribution in [-0.2, 0) is 6.18 Å². The van der Waals surface area contributed by atoms with E-state index in [2.05, 4.69) is 10.6 Å². The first-order valence-electron chi connectivity index (χ1n) is 8.99. The number of benzene rings is 2. The lowest BCUT2D eigenvalue weighted by atomic mass is 10.1. The highest BCUT2D eigenvalue weighted by Crippen LogP contribution is 2.34. The number of nitro benzene ring substituents is 1. The average molecular weight is 438 g/mol. The van der Waals surface area contributed by atoms with Gasteiger partial charge in [-0.1, -0.05) is 12.1 Å². The largest absolute Gasteiger partial charge is 0.418 e. The van der Waals surface area contributed by atoms with Crippen LogP contribution in [0.5, 0.6) is 0 Å². The molecule has 1 amide bonds. The van der Waals surface area contributed by atoms with Crippen LogP contribution >= 0.6 is 12.2 Å². The van der Waals surface area contributed by atoms with Crippen LogP contribution in [0.2, 0.25) is 0 Å². The molecule has 2 N–H and O–H groups in total. The van der Waals surface area contributed by atoms with Gasteiger partial charge in [-0.3, -0.25) is 20.2 Å². The Kier molecular flexibility index (Phi) is 6.20. The van der Waals surface area contributed by atoms with Gasteiger partial charge in [0.1, 0.15) is 5.69 Å². The fraction of sp³-hybridized carbons (Fsp3) is 0.263. The van der Waals surface area contributed by atoms with Crippen molar-refractivity contribution >= 4 is 40.3 Å². The van der Waals surface area contributed by atoms with Gasteiger partial charge in [-0.25, -0.2) is 0 Å². The van der Waals surface area contributed by atoms with E-state index in [4.69, 9.17) is 12.2 Å². The average Bonchev–Trinajstić information content (AvgIpc) is 3.21. The Morgan fingerprint density at radius 1 is 1.13 bits per heavy atom. The molecule has 0 radical (unpaired) electrons. The number of nitrogens with one attached hydrogen (secondary N) is 2. The Labute approximate surface area is 175 Å². The first kappa shape index (κ1) is 21.5. The molecule has 1 saturated heterocycles. The van der Waals surface area contributed by atoms with E-state index in [-0.39, 0.29) is 22.1 Å². The summed E-state index contributed by atoms with van der Waals surface area (Å²) >= 11 is 4.94. The lowest BCUT2D eigenvalue weighted by molar-refractivity contribution is -0.384. The van der Waals surface area contributed by atoms with Crippen molar-refractivity contribution in [2.24, 2.45) is 0 Å². The van der Waals surface area contributed by atoms with Crippen molar-refractivity contribution in [1.29, 1.82) is 0 Å². The minimum absolute atomic E-state index is 0.0297. The topological polar surface area (TPSA) is 87.5 Å². The Morgan fingerprint density at radius 3 is 2.43 bits per heavy atom. The number of carbonyl (C=O) groups is 1. The predicted octanol–water partition coefficient (Wildman–Crippen LogP) is 4.34. The summed E-state index contributed by atoms with van der Waals surface area (Å²) in [7, 11) is 0. The third-order valence-electron chi connectivity index (χ3n) is 4.59. The Balaban J connectivity index is 1.75. The van der Waals surface area contributed by atoms with Crippen molar-refractivity contribution in [3.8, 4) is 0 Å². The van der Waals surface area contributed by atoms with Crippen molar-refractivity contribution in [2.75, 3.05) is 23.3 Å². The highest BCUT2D eigenvalue weighted by Gasteiger charge is 2.33. The quantitative estimate of drug-likeness (QED) is 0.420. The van der Waals surface area contributed by atoms with Crippen molar-refractivity contribution in [1.82, 2.24) is 5.32 Å². The van der Waals surface area contributed by atoms with Crippen molar-refractivity contribution < 1.29 is 22.9 Å². The highest BCUT2D eigenvalue weighted by atomic mass is 32.1. The maximum atomic E-state index is 13.1. The molecule has 1 aliphatic heterocycles. The number of rotatable bonds is 4. The third kappa shape index (κ3) is 4.85. The summed E-state index contributed by atoms with van der Waals surface area (Å²) in [6, 6.07) is 8.73. The number of anilines is 2. The zero-order chi connectivity index (χ0) is 21.9. The minimum Gasteiger partial charge on any atom is -0.366 e. The molecule has 1 heterocycles. The molecule has 11 heteroatoms. The van der Waals surface area contributed by atoms with E-state index in [1.165, 1.54) is 30.3 Å². The van der Waals surface area contributed by atoms with E-state index in [1.54, 1.807) is 0 Å². The maximum Gasteiger partial charge on any atom is 0.418 e. The van der Waals surface area contributed by atoms with Gasteiger partial charge in [0.25, 0.3) is 11.6 Å². The Morgan fingerprint density at radius 2 is 1.80 bits per heavy atom. The van der Waals surface area contributed by atoms with Crippen LogP contribution in [0.1, 0.15) is 28.8 Å². The summed E-state index contributed by atoms with van der Waals surface area (Å²) in [6.07, 6.45) is -2.74. The molecule has 0 spiro atoms. The molecule has 1 aliphatic rings. The van der Waals surface area contributed by atoms with E-state index in [1.807, 2.05) is 4.90 Å². The van der Waals surface area contributed by atoms with E-state index >= 15 is 0 Å². The molecule has 2 aromatic carbocycles. The van der Waals surface area contributed by atoms with Crippen LogP contribution in [0.25, 0.3) is 0 Å². The molecule has 0 saturated carbocycles. The van der Waals surface area contributed by atoms with Gasteiger partial charge in [0.15, 0.2) is 5.11 Å². The van der Waals surface area contributed by atoms with Crippen LogP contribution in [0.15, 0.2) is 42.5 Å². The number of para-hydroxylation sites is 1. The summed E-state index contributed by atoms with van der Waals surface area (Å²) in [5.74, 6) is -0.770. The number of thiocarbonyl (C=S) groups is 1. The molecule has 158 valence electrons. The predicted molar refractivity (Wildman–Crippen MR) is 110 cm³/mol. The number of alkyl halides is 3. The smallest absolute Gasteiger partial charge is 0.366 e. The highest BCUT2D eigenvalue weighted by molar-refractivity contribution is 7.80. The number of nitro groups is 1. The number of amides is 1. The van der Waals surface area contributed by atoms with Gasteiger partial charge in [0, 0.05) is 24.7 Å². The molecular weight excluding hydrogens is 421 g/mol. The molecule has 0 unspecified atom stereocenters. The van der Waals surface area contributed by atoms with Crippen LogP contribution in [0.3, 0.4) is 0 Å². The minimum atomic E-state index is -4.60. The van der Waals surface area contributed by atoms with Crippen molar-refractivity contribution in [2.45, 2.75) is 19.0 Å². The van der Waals surface area contributed by atoms with Gasteiger partial charge < -0.3 is 10.2 Å². The normalized spacial score (nSPS) is 13.8. The molecule has 1 fully saturated rings. The monoisotopic (exact) mass is 438 g/mol. The fourth-order valence-electron chi connectivity index (χ4n) is 3.20. The molecule has 0 bridgehead atoms. The zero-order valence-corrected chi connectivity index (χ0v) is 16.3. The number of hydrogen-bond donors (Lipinski definition) is 2. The number of halogens is 3. The second-order valence-electron chi connectivity index (χ2n) is 6.61. The van der Waals surface area contributed by atoms with Crippen LogP contribution < -0.4 is 15.5 Å². The van der Waals surface area contributed by atoms with E-state index in [0.29, 0.717) is 18.8 Å². The number of carbonyl (C=O) groups excluding carboxylic acids is 1. The lowest BCUT2D eigenvalue weighted by Crippen LogP contribution is -2.34. The van der Waals surface area contributed by atoms with Crippen molar-refractivity contribution in [3.63, 3.8) is 0 Å². The van der Waals surface area contributed by atoms with E-state index in [0.717, 1.165) is 25.0 Å². The fourth-order valence-corrected chi connectivity index (χ4v) is 3.41. The summed E-state index contributed by atoms with van der Waals surface area (Å²) < 4.78 is 39.2. The van der Waals surface area contributed by atoms with E-state index < -0.39 is 22.6 Å². The molecule has 0 atom stereocenters. The number of hydrogen-bond acceptors (Lipinski definition) is 5. The van der Waals surface area contributed by atoms with Crippen LogP contribution in [0, 0.1) is 10.1 Å². The second-order valence-corrected chi connectivity index (χ2v) is 7.01. The summed E-state index contributed by atoms with van der Waals surface area (Å²) in [4.78, 5) is 25.2. The van der Waals surface area contributed by atoms with E-state index in [9.17, 15) is 28.1 Å².